The molecule has 4 nitrogen and oxygen atoms in total. The molecular formula is C15H22O4. The fourth-order valence-electron chi connectivity index (χ4n) is 2.38. The maximum Gasteiger partial charge on any atom is 0.184 e. The molecule has 1 fully saturated rings. The Morgan fingerprint density at radius 3 is 2.63 bits per heavy atom. The van der Waals surface area contributed by atoms with Gasteiger partial charge in [-0.25, -0.2) is 0 Å². The normalized spacial score (nSPS) is 28.9. The van der Waals surface area contributed by atoms with Crippen LogP contribution in [0.3, 0.4) is 0 Å². The van der Waals surface area contributed by atoms with Crippen molar-refractivity contribution in [2.75, 3.05) is 20.3 Å². The van der Waals surface area contributed by atoms with E-state index in [1.54, 1.807) is 7.11 Å². The summed E-state index contributed by atoms with van der Waals surface area (Å²) in [5.74, 6) is 1.21. The summed E-state index contributed by atoms with van der Waals surface area (Å²) in [6.45, 7) is 4.86. The standard InChI is InChI=1S/C15H22O4/c1-10(8-16)14-11(2)9-18-15(19-14)12-4-6-13(17-3)7-5-12/h4-7,10-11,14-16H,8-9H2,1-3H3/t10-,11-,14-,15+/m0/s1. The molecule has 0 bridgehead atoms. The van der Waals surface area contributed by atoms with Gasteiger partial charge in [0, 0.05) is 24.0 Å². The average Bonchev–Trinajstić information content (AvgIpc) is 2.47. The summed E-state index contributed by atoms with van der Waals surface area (Å²) in [6.07, 6.45) is -0.341. The van der Waals surface area contributed by atoms with Crippen LogP contribution in [0.1, 0.15) is 25.7 Å². The lowest BCUT2D eigenvalue weighted by atomic mass is 9.93. The molecule has 1 aliphatic rings. The number of aliphatic hydroxyl groups excluding tert-OH is 1. The maximum absolute atomic E-state index is 9.29. The number of hydrogen-bond donors (Lipinski definition) is 1. The van der Waals surface area contributed by atoms with E-state index in [0.717, 1.165) is 11.3 Å². The lowest BCUT2D eigenvalue weighted by Crippen LogP contribution is -2.40. The maximum atomic E-state index is 9.29. The molecule has 2 rings (SSSR count). The quantitative estimate of drug-likeness (QED) is 0.909. The highest BCUT2D eigenvalue weighted by molar-refractivity contribution is 5.28. The third-order valence-electron chi connectivity index (χ3n) is 3.59. The van der Waals surface area contributed by atoms with Crippen LogP contribution < -0.4 is 4.74 Å². The van der Waals surface area contributed by atoms with Gasteiger partial charge in [-0.05, 0) is 12.1 Å². The Balaban J connectivity index is 2.08. The monoisotopic (exact) mass is 266 g/mol. The molecule has 0 saturated carbocycles. The second-order valence-electron chi connectivity index (χ2n) is 5.18. The van der Waals surface area contributed by atoms with E-state index in [1.807, 2.05) is 31.2 Å². The number of benzene rings is 1. The third kappa shape index (κ3) is 3.26. The first kappa shape index (κ1) is 14.3. The molecule has 0 unspecified atom stereocenters. The van der Waals surface area contributed by atoms with Crippen LogP contribution in [0.25, 0.3) is 0 Å². The number of ether oxygens (including phenoxy) is 3. The topological polar surface area (TPSA) is 47.9 Å². The summed E-state index contributed by atoms with van der Waals surface area (Å²) in [4.78, 5) is 0. The average molecular weight is 266 g/mol. The lowest BCUT2D eigenvalue weighted by Gasteiger charge is -2.37. The third-order valence-corrected chi connectivity index (χ3v) is 3.59. The second kappa shape index (κ2) is 6.37. The van der Waals surface area contributed by atoms with Crippen LogP contribution in [0.2, 0.25) is 0 Å². The van der Waals surface area contributed by atoms with E-state index in [2.05, 4.69) is 6.92 Å². The molecule has 4 atom stereocenters. The van der Waals surface area contributed by atoms with Gasteiger partial charge in [0.25, 0.3) is 0 Å². The molecule has 0 spiro atoms. The zero-order chi connectivity index (χ0) is 13.8. The van der Waals surface area contributed by atoms with E-state index in [4.69, 9.17) is 14.2 Å². The zero-order valence-corrected chi connectivity index (χ0v) is 11.7. The van der Waals surface area contributed by atoms with Gasteiger partial charge < -0.3 is 19.3 Å². The van der Waals surface area contributed by atoms with Gasteiger partial charge in [0.1, 0.15) is 5.75 Å². The van der Waals surface area contributed by atoms with Crippen molar-refractivity contribution < 1.29 is 19.3 Å². The lowest BCUT2D eigenvalue weighted by molar-refractivity contribution is -0.251. The van der Waals surface area contributed by atoms with Gasteiger partial charge in [0.15, 0.2) is 6.29 Å². The van der Waals surface area contributed by atoms with E-state index < -0.39 is 0 Å². The fourth-order valence-corrected chi connectivity index (χ4v) is 2.38. The van der Waals surface area contributed by atoms with Crippen LogP contribution in [-0.4, -0.2) is 31.5 Å². The molecule has 1 saturated heterocycles. The first-order valence-electron chi connectivity index (χ1n) is 6.67. The Hall–Kier alpha value is -1.10. The molecule has 1 aliphatic heterocycles. The molecular weight excluding hydrogens is 244 g/mol. The number of rotatable bonds is 4. The molecule has 1 N–H and O–H groups in total. The smallest absolute Gasteiger partial charge is 0.184 e. The Morgan fingerprint density at radius 2 is 2.05 bits per heavy atom. The van der Waals surface area contributed by atoms with Crippen molar-refractivity contribution in [1.29, 1.82) is 0 Å². The van der Waals surface area contributed by atoms with Crippen molar-refractivity contribution >= 4 is 0 Å². The van der Waals surface area contributed by atoms with Crippen LogP contribution in [0, 0.1) is 11.8 Å². The first-order chi connectivity index (χ1) is 9.15. The summed E-state index contributed by atoms with van der Waals surface area (Å²) < 4.78 is 16.9. The van der Waals surface area contributed by atoms with E-state index in [1.165, 1.54) is 0 Å². The highest BCUT2D eigenvalue weighted by Gasteiger charge is 2.33. The summed E-state index contributed by atoms with van der Waals surface area (Å²) in [7, 11) is 1.64. The zero-order valence-electron chi connectivity index (χ0n) is 11.7. The van der Waals surface area contributed by atoms with Gasteiger partial charge in [0.2, 0.25) is 0 Å². The van der Waals surface area contributed by atoms with Crippen molar-refractivity contribution in [2.24, 2.45) is 11.8 Å². The van der Waals surface area contributed by atoms with Crippen molar-refractivity contribution in [3.63, 3.8) is 0 Å². The Bertz CT molecular complexity index is 386. The summed E-state index contributed by atoms with van der Waals surface area (Å²) in [5.41, 5.74) is 0.975. The Kier molecular flexibility index (Phi) is 4.80. The highest BCUT2D eigenvalue weighted by atomic mass is 16.7. The molecule has 0 amide bonds. The second-order valence-corrected chi connectivity index (χ2v) is 5.18. The van der Waals surface area contributed by atoms with Crippen molar-refractivity contribution in [2.45, 2.75) is 26.2 Å². The largest absolute Gasteiger partial charge is 0.497 e. The molecule has 19 heavy (non-hydrogen) atoms. The van der Waals surface area contributed by atoms with Gasteiger partial charge >= 0.3 is 0 Å². The minimum atomic E-state index is -0.360. The van der Waals surface area contributed by atoms with Crippen LogP contribution in [0.4, 0.5) is 0 Å². The van der Waals surface area contributed by atoms with Gasteiger partial charge in [-0.15, -0.1) is 0 Å². The molecule has 4 heteroatoms. The van der Waals surface area contributed by atoms with E-state index in [0.29, 0.717) is 6.61 Å². The van der Waals surface area contributed by atoms with Crippen molar-refractivity contribution in [3.8, 4) is 5.75 Å². The molecule has 0 aliphatic carbocycles. The summed E-state index contributed by atoms with van der Waals surface area (Å²) in [5, 5.41) is 9.29. The van der Waals surface area contributed by atoms with Gasteiger partial charge in [-0.3, -0.25) is 0 Å². The number of hydrogen-bond acceptors (Lipinski definition) is 4. The molecule has 0 radical (unpaired) electrons. The minimum Gasteiger partial charge on any atom is -0.497 e. The predicted molar refractivity (Wildman–Crippen MR) is 72.0 cm³/mol. The molecule has 1 heterocycles. The van der Waals surface area contributed by atoms with Crippen molar-refractivity contribution in [3.05, 3.63) is 29.8 Å². The molecule has 0 aromatic heterocycles. The number of methoxy groups -OCH3 is 1. The number of aliphatic hydroxyl groups is 1. The van der Waals surface area contributed by atoms with Crippen LogP contribution in [-0.2, 0) is 9.47 Å². The van der Waals surface area contributed by atoms with Crippen LogP contribution in [0.15, 0.2) is 24.3 Å². The highest BCUT2D eigenvalue weighted by Crippen LogP contribution is 2.32. The first-order valence-corrected chi connectivity index (χ1v) is 6.67. The van der Waals surface area contributed by atoms with E-state index in [-0.39, 0.29) is 30.8 Å². The molecule has 106 valence electrons. The van der Waals surface area contributed by atoms with Gasteiger partial charge in [0.05, 0.1) is 19.8 Å². The summed E-state index contributed by atoms with van der Waals surface area (Å²) in [6, 6.07) is 7.68. The van der Waals surface area contributed by atoms with Crippen molar-refractivity contribution in [1.82, 2.24) is 0 Å². The predicted octanol–water partition coefficient (Wildman–Crippen LogP) is 2.37. The van der Waals surface area contributed by atoms with Crippen LogP contribution >= 0.6 is 0 Å². The molecule has 1 aromatic rings. The van der Waals surface area contributed by atoms with E-state index in [9.17, 15) is 5.11 Å². The Labute approximate surface area is 114 Å². The van der Waals surface area contributed by atoms with E-state index >= 15 is 0 Å². The SMILES string of the molecule is COc1ccc([C@@H]2OC[C@H](C)[C@H]([C@@H](C)CO)O2)cc1. The van der Waals surface area contributed by atoms with Crippen LogP contribution in [0.5, 0.6) is 5.75 Å². The fraction of sp³-hybridized carbons (Fsp3) is 0.600. The Morgan fingerprint density at radius 1 is 1.37 bits per heavy atom. The minimum absolute atomic E-state index is 0.0193. The van der Waals surface area contributed by atoms with Gasteiger partial charge in [-0.2, -0.15) is 0 Å². The van der Waals surface area contributed by atoms with Gasteiger partial charge in [-0.1, -0.05) is 26.0 Å². The molecule has 1 aromatic carbocycles. The summed E-state index contributed by atoms with van der Waals surface area (Å²) >= 11 is 0.